The number of likely N-dealkylation sites (N-methyl/N-ethyl adjacent to an activating group) is 1. The van der Waals surface area contributed by atoms with Crippen molar-refractivity contribution in [1.29, 1.82) is 0 Å². The first-order valence-corrected chi connectivity index (χ1v) is 6.78. The molecule has 1 aromatic heterocycles. The third kappa shape index (κ3) is 3.32. The fourth-order valence-electron chi connectivity index (χ4n) is 1.94. The molecule has 3 nitrogen and oxygen atoms in total. The molecule has 0 fully saturated rings. The zero-order chi connectivity index (χ0) is 13.0. The SMILES string of the molecule is CN(Cc1cccs1)CC(O)c1ccccc1N. The van der Waals surface area contributed by atoms with Gasteiger partial charge < -0.3 is 10.8 Å². The highest BCUT2D eigenvalue weighted by Gasteiger charge is 2.13. The molecule has 3 N–H and O–H groups in total. The number of nitrogens with two attached hydrogens (primary N) is 1. The second kappa shape index (κ2) is 6.00. The van der Waals surface area contributed by atoms with E-state index in [1.807, 2.05) is 37.4 Å². The summed E-state index contributed by atoms with van der Waals surface area (Å²) in [6.07, 6.45) is -0.545. The van der Waals surface area contributed by atoms with E-state index in [2.05, 4.69) is 16.3 Å². The third-order valence-electron chi connectivity index (χ3n) is 2.85. The van der Waals surface area contributed by atoms with Crippen LogP contribution in [0.4, 0.5) is 5.69 Å². The molecule has 2 aromatic rings. The normalized spacial score (nSPS) is 12.8. The summed E-state index contributed by atoms with van der Waals surface area (Å²) in [7, 11) is 2.00. The molecule has 0 aliphatic carbocycles. The molecule has 1 heterocycles. The largest absolute Gasteiger partial charge is 0.398 e. The quantitative estimate of drug-likeness (QED) is 0.814. The monoisotopic (exact) mass is 262 g/mol. The molecule has 0 bridgehead atoms. The van der Waals surface area contributed by atoms with Gasteiger partial charge in [0.05, 0.1) is 6.10 Å². The topological polar surface area (TPSA) is 49.5 Å². The van der Waals surface area contributed by atoms with Crippen LogP contribution in [0, 0.1) is 0 Å². The van der Waals surface area contributed by atoms with E-state index in [9.17, 15) is 5.11 Å². The minimum atomic E-state index is -0.545. The second-order valence-electron chi connectivity index (χ2n) is 4.42. The lowest BCUT2D eigenvalue weighted by molar-refractivity contribution is 0.125. The van der Waals surface area contributed by atoms with Crippen molar-refractivity contribution in [2.75, 3.05) is 19.3 Å². The number of hydrogen-bond donors (Lipinski definition) is 2. The van der Waals surface area contributed by atoms with Gasteiger partial charge in [0.25, 0.3) is 0 Å². The summed E-state index contributed by atoms with van der Waals surface area (Å²) in [5.41, 5.74) is 7.31. The number of benzene rings is 1. The van der Waals surface area contributed by atoms with Crippen LogP contribution in [-0.4, -0.2) is 23.6 Å². The van der Waals surface area contributed by atoms with Crippen LogP contribution in [0.3, 0.4) is 0 Å². The van der Waals surface area contributed by atoms with Gasteiger partial charge in [0.2, 0.25) is 0 Å². The Labute approximate surface area is 111 Å². The smallest absolute Gasteiger partial charge is 0.0936 e. The number of nitrogen functional groups attached to an aromatic ring is 1. The molecule has 0 saturated carbocycles. The maximum atomic E-state index is 10.2. The summed E-state index contributed by atoms with van der Waals surface area (Å²) in [5.74, 6) is 0. The van der Waals surface area contributed by atoms with Gasteiger partial charge in [0.1, 0.15) is 0 Å². The van der Waals surface area contributed by atoms with Crippen molar-refractivity contribution in [3.8, 4) is 0 Å². The van der Waals surface area contributed by atoms with Crippen molar-refractivity contribution in [3.63, 3.8) is 0 Å². The molecule has 0 saturated heterocycles. The van der Waals surface area contributed by atoms with Crippen LogP contribution in [-0.2, 0) is 6.54 Å². The van der Waals surface area contributed by atoms with Gasteiger partial charge in [-0.3, -0.25) is 4.90 Å². The second-order valence-corrected chi connectivity index (χ2v) is 5.45. The Morgan fingerprint density at radius 1 is 1.28 bits per heavy atom. The van der Waals surface area contributed by atoms with Crippen LogP contribution < -0.4 is 5.73 Å². The minimum Gasteiger partial charge on any atom is -0.398 e. The Bertz CT molecular complexity index is 484. The first kappa shape index (κ1) is 13.1. The van der Waals surface area contributed by atoms with Crippen molar-refractivity contribution in [2.45, 2.75) is 12.6 Å². The van der Waals surface area contributed by atoms with Crippen molar-refractivity contribution >= 4 is 17.0 Å². The molecule has 1 unspecified atom stereocenters. The molecule has 0 radical (unpaired) electrons. The van der Waals surface area contributed by atoms with E-state index in [1.54, 1.807) is 11.3 Å². The van der Waals surface area contributed by atoms with Gasteiger partial charge in [0.15, 0.2) is 0 Å². The van der Waals surface area contributed by atoms with Crippen molar-refractivity contribution in [2.24, 2.45) is 0 Å². The summed E-state index contributed by atoms with van der Waals surface area (Å²) in [6.45, 7) is 1.42. The highest BCUT2D eigenvalue weighted by molar-refractivity contribution is 7.09. The molecule has 4 heteroatoms. The summed E-state index contributed by atoms with van der Waals surface area (Å²) in [5, 5.41) is 12.2. The Hall–Kier alpha value is -1.36. The standard InChI is InChI=1S/C14H18N2OS/c1-16(9-11-5-4-8-18-11)10-14(17)12-6-2-3-7-13(12)15/h2-8,14,17H,9-10,15H2,1H3. The molecule has 18 heavy (non-hydrogen) atoms. The average molecular weight is 262 g/mol. The summed E-state index contributed by atoms with van der Waals surface area (Å²) in [6, 6.07) is 11.6. The van der Waals surface area contributed by atoms with Crippen LogP contribution in [0.15, 0.2) is 41.8 Å². The fourth-order valence-corrected chi connectivity index (χ4v) is 2.73. The summed E-state index contributed by atoms with van der Waals surface area (Å²) < 4.78 is 0. The van der Waals surface area contributed by atoms with E-state index in [0.29, 0.717) is 12.2 Å². The number of para-hydroxylation sites is 1. The number of thiophene rings is 1. The fraction of sp³-hybridized carbons (Fsp3) is 0.286. The first-order chi connectivity index (χ1) is 8.66. The molecular formula is C14H18N2OS. The van der Waals surface area contributed by atoms with Gasteiger partial charge in [-0.05, 0) is 24.6 Å². The predicted molar refractivity (Wildman–Crippen MR) is 76.5 cm³/mol. The van der Waals surface area contributed by atoms with E-state index in [1.165, 1.54) is 4.88 Å². The lowest BCUT2D eigenvalue weighted by Gasteiger charge is -2.21. The van der Waals surface area contributed by atoms with Gasteiger partial charge in [0, 0.05) is 29.2 Å². The van der Waals surface area contributed by atoms with Crippen LogP contribution in [0.1, 0.15) is 16.5 Å². The van der Waals surface area contributed by atoms with Crippen LogP contribution in [0.2, 0.25) is 0 Å². The first-order valence-electron chi connectivity index (χ1n) is 5.90. The highest BCUT2D eigenvalue weighted by atomic mass is 32.1. The van der Waals surface area contributed by atoms with Gasteiger partial charge in [-0.25, -0.2) is 0 Å². The predicted octanol–water partition coefficient (Wildman–Crippen LogP) is 2.50. The van der Waals surface area contributed by atoms with Gasteiger partial charge in [-0.2, -0.15) is 0 Å². The number of anilines is 1. The summed E-state index contributed by atoms with van der Waals surface area (Å²) in [4.78, 5) is 3.40. The number of aliphatic hydroxyl groups is 1. The van der Waals surface area contributed by atoms with E-state index >= 15 is 0 Å². The lowest BCUT2D eigenvalue weighted by atomic mass is 10.1. The molecular weight excluding hydrogens is 244 g/mol. The van der Waals surface area contributed by atoms with Crippen molar-refractivity contribution < 1.29 is 5.11 Å². The molecule has 0 spiro atoms. The molecule has 1 atom stereocenters. The van der Waals surface area contributed by atoms with E-state index in [4.69, 9.17) is 5.73 Å². The lowest BCUT2D eigenvalue weighted by Crippen LogP contribution is -2.24. The van der Waals surface area contributed by atoms with Gasteiger partial charge in [-0.1, -0.05) is 24.3 Å². The summed E-state index contributed by atoms with van der Waals surface area (Å²) >= 11 is 1.73. The van der Waals surface area contributed by atoms with Crippen LogP contribution in [0.25, 0.3) is 0 Å². The maximum absolute atomic E-state index is 10.2. The minimum absolute atomic E-state index is 0.545. The Morgan fingerprint density at radius 3 is 2.72 bits per heavy atom. The number of hydrogen-bond acceptors (Lipinski definition) is 4. The molecule has 0 amide bonds. The van der Waals surface area contributed by atoms with E-state index < -0.39 is 6.10 Å². The van der Waals surface area contributed by atoms with Crippen molar-refractivity contribution in [1.82, 2.24) is 4.90 Å². The Balaban J connectivity index is 1.95. The van der Waals surface area contributed by atoms with E-state index in [-0.39, 0.29) is 0 Å². The van der Waals surface area contributed by atoms with Crippen LogP contribution in [0.5, 0.6) is 0 Å². The molecule has 0 aliphatic rings. The number of aliphatic hydroxyl groups excluding tert-OH is 1. The molecule has 2 rings (SSSR count). The molecule has 0 aliphatic heterocycles. The van der Waals surface area contributed by atoms with Crippen LogP contribution >= 0.6 is 11.3 Å². The van der Waals surface area contributed by atoms with Gasteiger partial charge in [-0.15, -0.1) is 11.3 Å². The van der Waals surface area contributed by atoms with Gasteiger partial charge >= 0.3 is 0 Å². The maximum Gasteiger partial charge on any atom is 0.0936 e. The number of rotatable bonds is 5. The zero-order valence-electron chi connectivity index (χ0n) is 10.4. The molecule has 96 valence electrons. The zero-order valence-corrected chi connectivity index (χ0v) is 11.2. The van der Waals surface area contributed by atoms with E-state index in [0.717, 1.165) is 12.1 Å². The Morgan fingerprint density at radius 2 is 2.06 bits per heavy atom. The van der Waals surface area contributed by atoms with Crippen molar-refractivity contribution in [3.05, 3.63) is 52.2 Å². The highest BCUT2D eigenvalue weighted by Crippen LogP contribution is 2.21. The molecule has 1 aromatic carbocycles. The Kier molecular flexibility index (Phi) is 4.36. The number of nitrogens with zero attached hydrogens (tertiary/aromatic N) is 1. The third-order valence-corrected chi connectivity index (χ3v) is 3.71. The average Bonchev–Trinajstić information content (AvgIpc) is 2.82.